The number of anilines is 1. The molecule has 3 aromatic rings. The molecule has 27 heavy (non-hydrogen) atoms. The van der Waals surface area contributed by atoms with Crippen molar-refractivity contribution >= 4 is 49.0 Å². The molecule has 0 aliphatic heterocycles. The Morgan fingerprint density at radius 2 is 1.93 bits per heavy atom. The summed E-state index contributed by atoms with van der Waals surface area (Å²) in [5.41, 5.74) is 2.68. The van der Waals surface area contributed by atoms with E-state index in [1.165, 1.54) is 0 Å². The summed E-state index contributed by atoms with van der Waals surface area (Å²) >= 11 is 3.30. The molecule has 0 saturated carbocycles. The predicted octanol–water partition coefficient (Wildman–Crippen LogP) is 4.93. The molecule has 0 atom stereocenters. The van der Waals surface area contributed by atoms with Gasteiger partial charge in [0, 0.05) is 11.4 Å². The zero-order valence-electron chi connectivity index (χ0n) is 15.3. The number of rotatable bonds is 9. The van der Waals surface area contributed by atoms with Crippen molar-refractivity contribution in [2.75, 3.05) is 23.3 Å². The van der Waals surface area contributed by atoms with E-state index in [1.807, 2.05) is 37.3 Å². The van der Waals surface area contributed by atoms with Crippen molar-refractivity contribution < 1.29 is 13.2 Å². The third-order valence-electron chi connectivity index (χ3n) is 3.93. The van der Waals surface area contributed by atoms with Crippen LogP contribution in [0.15, 0.2) is 46.8 Å². The van der Waals surface area contributed by atoms with Crippen molar-refractivity contribution in [2.45, 2.75) is 24.1 Å². The Balaban J connectivity index is 1.44. The van der Waals surface area contributed by atoms with Crippen molar-refractivity contribution in [1.29, 1.82) is 0 Å². The number of aromatic nitrogens is 1. The van der Waals surface area contributed by atoms with Gasteiger partial charge in [0.15, 0.2) is 4.34 Å². The van der Waals surface area contributed by atoms with Gasteiger partial charge in [-0.15, -0.1) is 11.3 Å². The lowest BCUT2D eigenvalue weighted by molar-refractivity contribution is 0.415. The number of fused-ring (bicyclic) bond motifs is 1. The molecule has 0 amide bonds. The summed E-state index contributed by atoms with van der Waals surface area (Å²) in [5.74, 6) is 1.80. The van der Waals surface area contributed by atoms with E-state index in [0.29, 0.717) is 12.1 Å². The first kappa shape index (κ1) is 20.0. The highest BCUT2D eigenvalue weighted by Gasteiger charge is 2.10. The molecule has 3 rings (SSSR count). The van der Waals surface area contributed by atoms with Gasteiger partial charge in [0.05, 0.1) is 23.1 Å². The SMILES string of the molecule is COc1ccc2nc(SCCCCS(=O)(=O)Nc3ccc(C)cc3)sc2c1. The molecular weight excluding hydrogens is 400 g/mol. The van der Waals surface area contributed by atoms with Gasteiger partial charge in [0.2, 0.25) is 10.0 Å². The highest BCUT2D eigenvalue weighted by Crippen LogP contribution is 2.32. The first-order valence-electron chi connectivity index (χ1n) is 8.60. The van der Waals surface area contributed by atoms with Crippen LogP contribution in [0.25, 0.3) is 10.2 Å². The fraction of sp³-hybridized carbons (Fsp3) is 0.316. The molecule has 0 aliphatic rings. The Labute approximate surface area is 168 Å². The fourth-order valence-corrected chi connectivity index (χ4v) is 5.83. The van der Waals surface area contributed by atoms with E-state index in [1.54, 1.807) is 42.3 Å². The van der Waals surface area contributed by atoms with Crippen LogP contribution >= 0.6 is 23.1 Å². The number of hydrogen-bond donors (Lipinski definition) is 1. The monoisotopic (exact) mass is 422 g/mol. The minimum atomic E-state index is -3.31. The molecule has 2 aromatic carbocycles. The van der Waals surface area contributed by atoms with Crippen LogP contribution in [0.5, 0.6) is 5.75 Å². The molecule has 8 heteroatoms. The standard InChI is InChI=1S/C19H22N2O3S3/c1-14-5-7-15(8-6-14)21-27(22,23)12-4-3-11-25-19-20-17-10-9-16(24-2)13-18(17)26-19/h5-10,13,21H,3-4,11-12H2,1-2H3. The number of nitrogens with zero attached hydrogens (tertiary/aromatic N) is 1. The maximum Gasteiger partial charge on any atom is 0.232 e. The number of thioether (sulfide) groups is 1. The van der Waals surface area contributed by atoms with Crippen LogP contribution in [0.2, 0.25) is 0 Å². The molecule has 0 aliphatic carbocycles. The molecule has 1 aromatic heterocycles. The maximum atomic E-state index is 12.2. The lowest BCUT2D eigenvalue weighted by atomic mass is 10.2. The highest BCUT2D eigenvalue weighted by molar-refractivity contribution is 8.01. The van der Waals surface area contributed by atoms with Crippen LogP contribution in [-0.4, -0.2) is 32.0 Å². The number of aryl methyl sites for hydroxylation is 1. The van der Waals surface area contributed by atoms with Crippen LogP contribution in [0.4, 0.5) is 5.69 Å². The van der Waals surface area contributed by atoms with Gasteiger partial charge in [-0.25, -0.2) is 13.4 Å². The second kappa shape index (κ2) is 8.95. The van der Waals surface area contributed by atoms with E-state index in [0.717, 1.165) is 38.0 Å². The van der Waals surface area contributed by atoms with E-state index in [4.69, 9.17) is 4.74 Å². The zero-order valence-corrected chi connectivity index (χ0v) is 17.7. The third-order valence-corrected chi connectivity index (χ3v) is 7.55. The van der Waals surface area contributed by atoms with Gasteiger partial charge in [-0.1, -0.05) is 29.5 Å². The zero-order chi connectivity index (χ0) is 19.3. The number of benzene rings is 2. The Morgan fingerprint density at radius 3 is 2.67 bits per heavy atom. The second-order valence-electron chi connectivity index (χ2n) is 6.16. The van der Waals surface area contributed by atoms with Crippen LogP contribution in [0.3, 0.4) is 0 Å². The second-order valence-corrected chi connectivity index (χ2v) is 10.4. The molecule has 0 unspecified atom stereocenters. The van der Waals surface area contributed by atoms with Crippen LogP contribution in [-0.2, 0) is 10.0 Å². The van der Waals surface area contributed by atoms with Crippen LogP contribution in [0.1, 0.15) is 18.4 Å². The van der Waals surface area contributed by atoms with E-state index in [-0.39, 0.29) is 5.75 Å². The minimum absolute atomic E-state index is 0.123. The van der Waals surface area contributed by atoms with E-state index in [2.05, 4.69) is 9.71 Å². The normalized spacial score (nSPS) is 11.6. The van der Waals surface area contributed by atoms with Crippen molar-refractivity contribution in [1.82, 2.24) is 4.98 Å². The van der Waals surface area contributed by atoms with Crippen LogP contribution in [0, 0.1) is 6.92 Å². The number of nitrogens with one attached hydrogen (secondary N) is 1. The summed E-state index contributed by atoms with van der Waals surface area (Å²) in [6, 6.07) is 13.2. The van der Waals surface area contributed by atoms with E-state index < -0.39 is 10.0 Å². The van der Waals surface area contributed by atoms with Crippen molar-refractivity contribution in [2.24, 2.45) is 0 Å². The number of sulfonamides is 1. The smallest absolute Gasteiger partial charge is 0.232 e. The van der Waals surface area contributed by atoms with Gasteiger partial charge in [-0.3, -0.25) is 4.72 Å². The van der Waals surface area contributed by atoms with Gasteiger partial charge in [0.1, 0.15) is 5.75 Å². The molecule has 5 nitrogen and oxygen atoms in total. The Morgan fingerprint density at radius 1 is 1.15 bits per heavy atom. The number of unbranched alkanes of at least 4 members (excludes halogenated alkanes) is 1. The Bertz CT molecular complexity index is 999. The largest absolute Gasteiger partial charge is 0.497 e. The highest BCUT2D eigenvalue weighted by atomic mass is 32.2. The summed E-state index contributed by atoms with van der Waals surface area (Å²) < 4.78 is 34.3. The average Bonchev–Trinajstić information content (AvgIpc) is 3.04. The lowest BCUT2D eigenvalue weighted by Crippen LogP contribution is -2.16. The van der Waals surface area contributed by atoms with Gasteiger partial charge in [-0.2, -0.15) is 0 Å². The molecule has 0 radical (unpaired) electrons. The summed E-state index contributed by atoms with van der Waals surface area (Å²) in [6.45, 7) is 1.97. The molecule has 0 bridgehead atoms. The summed E-state index contributed by atoms with van der Waals surface area (Å²) in [5, 5.41) is 0. The fourth-order valence-electron chi connectivity index (χ4n) is 2.48. The Kier molecular flexibility index (Phi) is 6.62. The van der Waals surface area contributed by atoms with Gasteiger partial charge in [0.25, 0.3) is 0 Å². The number of thiazole rings is 1. The summed E-state index contributed by atoms with van der Waals surface area (Å²) in [7, 11) is -1.65. The number of ether oxygens (including phenoxy) is 1. The average molecular weight is 423 g/mol. The quantitative estimate of drug-likeness (QED) is 0.391. The van der Waals surface area contributed by atoms with Crippen molar-refractivity contribution in [3.05, 3.63) is 48.0 Å². The molecule has 1 N–H and O–H groups in total. The van der Waals surface area contributed by atoms with E-state index in [9.17, 15) is 8.42 Å². The minimum Gasteiger partial charge on any atom is -0.497 e. The van der Waals surface area contributed by atoms with Crippen molar-refractivity contribution in [3.8, 4) is 5.75 Å². The van der Waals surface area contributed by atoms with Crippen LogP contribution < -0.4 is 9.46 Å². The van der Waals surface area contributed by atoms with E-state index >= 15 is 0 Å². The van der Waals surface area contributed by atoms with Gasteiger partial charge in [-0.05, 0) is 50.1 Å². The molecule has 0 saturated heterocycles. The molecule has 0 spiro atoms. The molecule has 144 valence electrons. The van der Waals surface area contributed by atoms with Gasteiger partial charge < -0.3 is 4.74 Å². The molecule has 0 fully saturated rings. The maximum absolute atomic E-state index is 12.2. The van der Waals surface area contributed by atoms with Gasteiger partial charge >= 0.3 is 0 Å². The summed E-state index contributed by atoms with van der Waals surface area (Å²) in [6.07, 6.45) is 1.44. The molecular formula is C19H22N2O3S3. The first-order chi connectivity index (χ1) is 12.9. The lowest BCUT2D eigenvalue weighted by Gasteiger charge is -2.08. The van der Waals surface area contributed by atoms with Crippen molar-refractivity contribution in [3.63, 3.8) is 0 Å². The predicted molar refractivity (Wildman–Crippen MR) is 115 cm³/mol. The number of hydrogen-bond acceptors (Lipinski definition) is 6. The number of methoxy groups -OCH3 is 1. The molecule has 1 heterocycles. The summed E-state index contributed by atoms with van der Waals surface area (Å²) in [4.78, 5) is 4.59. The third kappa shape index (κ3) is 5.85. The first-order valence-corrected chi connectivity index (χ1v) is 12.1. The Hall–Kier alpha value is -1.77. The topological polar surface area (TPSA) is 68.3 Å².